The molecule has 3 aliphatic rings. The molecule has 4 atom stereocenters. The third-order valence-corrected chi connectivity index (χ3v) is 7.20. The van der Waals surface area contributed by atoms with E-state index in [0.29, 0.717) is 42.7 Å². The second-order valence-electron chi connectivity index (χ2n) is 7.43. The largest absolute Gasteiger partial charge is 0.401 e. The summed E-state index contributed by atoms with van der Waals surface area (Å²) >= 11 is 1.41. The van der Waals surface area contributed by atoms with Crippen LogP contribution in [0.25, 0.3) is 0 Å². The molecule has 3 rings (SSSR count). The van der Waals surface area contributed by atoms with Crippen LogP contribution in [0.2, 0.25) is 0 Å². The van der Waals surface area contributed by atoms with Crippen LogP contribution < -0.4 is 17.0 Å². The Morgan fingerprint density at radius 1 is 1.36 bits per heavy atom. The van der Waals surface area contributed by atoms with Crippen molar-refractivity contribution in [2.75, 3.05) is 26.2 Å². The molecule has 3 amide bonds. The fourth-order valence-electron chi connectivity index (χ4n) is 4.47. The van der Waals surface area contributed by atoms with E-state index in [0.717, 1.165) is 18.7 Å². The molecular weight excluding hydrogens is 378 g/mol. The number of amidine groups is 1. The van der Waals surface area contributed by atoms with Gasteiger partial charge in [-0.3, -0.25) is 15.2 Å². The Hall–Kier alpha value is -2.07. The molecule has 3 aliphatic heterocycles. The third kappa shape index (κ3) is 3.62. The van der Waals surface area contributed by atoms with Gasteiger partial charge in [0.2, 0.25) is 0 Å². The first-order valence-electron chi connectivity index (χ1n) is 9.68. The van der Waals surface area contributed by atoms with Crippen LogP contribution in [0.4, 0.5) is 4.79 Å². The predicted molar refractivity (Wildman–Crippen MR) is 112 cm³/mol. The summed E-state index contributed by atoms with van der Waals surface area (Å²) < 4.78 is 0. The first kappa shape index (κ1) is 20.7. The number of nitrogens with zero attached hydrogens (tertiary/aromatic N) is 4. The number of carbonyl (C=O) groups is 2. The van der Waals surface area contributed by atoms with E-state index in [9.17, 15) is 9.59 Å². The summed E-state index contributed by atoms with van der Waals surface area (Å²) in [5.41, 5.74) is 9.19. The molecule has 0 spiro atoms. The number of nitrogens with one attached hydrogen (secondary N) is 1. The smallest absolute Gasteiger partial charge is 0.331 e. The number of fused-ring (bicyclic) bond motifs is 1. The fraction of sp³-hybridized carbons (Fsp3) is 0.667. The third-order valence-electron chi connectivity index (χ3n) is 5.91. The number of carbonyl (C=O) groups excluding carboxylic acids is 2. The quantitative estimate of drug-likeness (QED) is 0.274. The van der Waals surface area contributed by atoms with Crippen LogP contribution in [0.1, 0.15) is 26.7 Å². The molecule has 154 valence electrons. The molecule has 0 aromatic heterocycles. The van der Waals surface area contributed by atoms with Gasteiger partial charge in [-0.2, -0.15) is 0 Å². The van der Waals surface area contributed by atoms with Crippen molar-refractivity contribution in [3.8, 4) is 0 Å². The molecule has 0 radical (unpaired) electrons. The van der Waals surface area contributed by atoms with Gasteiger partial charge in [0.15, 0.2) is 0 Å². The lowest BCUT2D eigenvalue weighted by Gasteiger charge is -2.44. The van der Waals surface area contributed by atoms with Gasteiger partial charge in [-0.15, -0.1) is 0 Å². The zero-order valence-corrected chi connectivity index (χ0v) is 17.2. The number of hydrogen-bond acceptors (Lipinski definition) is 7. The number of aliphatic imine (C=N–C) groups is 2. The Bertz CT molecular complexity index is 715. The average molecular weight is 408 g/mol. The minimum Gasteiger partial charge on any atom is -0.401 e. The van der Waals surface area contributed by atoms with E-state index < -0.39 is 0 Å². The number of hydrogen-bond donors (Lipinski definition) is 3. The Labute approximate surface area is 169 Å². The highest BCUT2D eigenvalue weighted by atomic mass is 32.2. The highest BCUT2D eigenvalue weighted by Gasteiger charge is 2.48. The van der Waals surface area contributed by atoms with Crippen molar-refractivity contribution in [1.82, 2.24) is 15.2 Å². The summed E-state index contributed by atoms with van der Waals surface area (Å²) in [6.07, 6.45) is 2.05. The maximum atomic E-state index is 12.1. The minimum atomic E-state index is -0.363. The van der Waals surface area contributed by atoms with Gasteiger partial charge in [0, 0.05) is 43.7 Å². The van der Waals surface area contributed by atoms with Gasteiger partial charge in [0.25, 0.3) is 5.91 Å². The second-order valence-corrected chi connectivity index (χ2v) is 8.56. The summed E-state index contributed by atoms with van der Waals surface area (Å²) in [6, 6.07) is -0.259. The summed E-state index contributed by atoms with van der Waals surface area (Å²) in [5.74, 6) is 6.51. The van der Waals surface area contributed by atoms with Crippen molar-refractivity contribution in [2.24, 2.45) is 39.3 Å². The predicted octanol–water partition coefficient (Wildman–Crippen LogP) is 0.738. The van der Waals surface area contributed by atoms with Gasteiger partial charge in [-0.05, 0) is 19.1 Å². The molecule has 0 saturated carbocycles. The SMILES string of the molecule is C=NC(=O)C1=C(N)C2C(N=C(N3CCN(C(=O)NN)CC3)C(C)C2CCC)S1. The molecule has 28 heavy (non-hydrogen) atoms. The summed E-state index contributed by atoms with van der Waals surface area (Å²) in [6.45, 7) is 10.3. The zero-order valence-electron chi connectivity index (χ0n) is 16.4. The van der Waals surface area contributed by atoms with Gasteiger partial charge in [-0.1, -0.05) is 32.0 Å². The molecule has 1 fully saturated rings. The first-order valence-corrected chi connectivity index (χ1v) is 10.6. The molecule has 10 heteroatoms. The zero-order chi connectivity index (χ0) is 20.4. The van der Waals surface area contributed by atoms with Crippen LogP contribution in [0.5, 0.6) is 0 Å². The van der Waals surface area contributed by atoms with E-state index in [1.54, 1.807) is 4.90 Å². The lowest BCUT2D eigenvalue weighted by Crippen LogP contribution is -2.56. The molecule has 4 unspecified atom stereocenters. The number of rotatable bonds is 3. The Balaban J connectivity index is 1.83. The monoisotopic (exact) mass is 407 g/mol. The number of amides is 3. The molecule has 3 heterocycles. The Kier molecular flexibility index (Phi) is 6.29. The van der Waals surface area contributed by atoms with Crippen molar-refractivity contribution in [2.45, 2.75) is 32.1 Å². The van der Waals surface area contributed by atoms with Crippen LogP contribution in [0, 0.1) is 17.8 Å². The van der Waals surface area contributed by atoms with Crippen LogP contribution in [0.3, 0.4) is 0 Å². The van der Waals surface area contributed by atoms with Crippen molar-refractivity contribution >= 4 is 36.3 Å². The lowest BCUT2D eigenvalue weighted by molar-refractivity contribution is -0.113. The molecule has 1 saturated heterocycles. The van der Waals surface area contributed by atoms with Gasteiger partial charge >= 0.3 is 6.03 Å². The maximum absolute atomic E-state index is 12.1. The molecule has 0 aliphatic carbocycles. The van der Waals surface area contributed by atoms with Crippen molar-refractivity contribution < 1.29 is 9.59 Å². The highest BCUT2D eigenvalue weighted by molar-refractivity contribution is 8.04. The van der Waals surface area contributed by atoms with Crippen molar-refractivity contribution in [3.63, 3.8) is 0 Å². The number of piperazine rings is 1. The van der Waals surface area contributed by atoms with Crippen LogP contribution in [-0.4, -0.2) is 65.8 Å². The van der Waals surface area contributed by atoms with Crippen LogP contribution >= 0.6 is 11.8 Å². The van der Waals surface area contributed by atoms with Crippen LogP contribution in [0.15, 0.2) is 20.6 Å². The summed E-state index contributed by atoms with van der Waals surface area (Å²) in [7, 11) is 0. The van der Waals surface area contributed by atoms with Crippen molar-refractivity contribution in [3.05, 3.63) is 10.6 Å². The van der Waals surface area contributed by atoms with E-state index in [4.69, 9.17) is 16.6 Å². The molecule has 0 aromatic rings. The lowest BCUT2D eigenvalue weighted by atomic mass is 9.75. The minimum absolute atomic E-state index is 0.0497. The van der Waals surface area contributed by atoms with E-state index in [1.807, 2.05) is 0 Å². The topological polar surface area (TPSA) is 129 Å². The number of hydrazine groups is 1. The molecular formula is C18H29N7O2S. The maximum Gasteiger partial charge on any atom is 0.331 e. The number of urea groups is 1. The van der Waals surface area contributed by atoms with E-state index in [1.165, 1.54) is 11.8 Å². The van der Waals surface area contributed by atoms with E-state index in [-0.39, 0.29) is 29.1 Å². The van der Waals surface area contributed by atoms with Gasteiger partial charge in [0.05, 0.1) is 4.91 Å². The van der Waals surface area contributed by atoms with Gasteiger partial charge < -0.3 is 15.5 Å². The highest BCUT2D eigenvalue weighted by Crippen LogP contribution is 2.50. The van der Waals surface area contributed by atoms with Gasteiger partial charge in [0.1, 0.15) is 11.2 Å². The Morgan fingerprint density at radius 3 is 2.61 bits per heavy atom. The molecule has 0 aromatic carbocycles. The Morgan fingerprint density at radius 2 is 2.04 bits per heavy atom. The fourth-order valence-corrected chi connectivity index (χ4v) is 5.81. The first-order chi connectivity index (χ1) is 13.4. The van der Waals surface area contributed by atoms with E-state index >= 15 is 0 Å². The standard InChI is InChI=1S/C18H29N7O2S/c1-4-5-11-10(2)15(24-6-8-25(9-7-24)18(27)23-20)22-17-12(11)13(19)14(28-17)16(26)21-3/h10-12,17H,3-9,19-20H2,1-2H3,(H,23,27). The summed E-state index contributed by atoms with van der Waals surface area (Å²) in [5, 5.41) is -0.103. The van der Waals surface area contributed by atoms with E-state index in [2.05, 4.69) is 35.9 Å². The molecule has 0 bridgehead atoms. The number of nitrogens with two attached hydrogens (primary N) is 2. The second kappa shape index (κ2) is 8.52. The van der Waals surface area contributed by atoms with Gasteiger partial charge in [-0.25, -0.2) is 15.6 Å². The normalized spacial score (nSPS) is 30.0. The number of thioether (sulfide) groups is 1. The average Bonchev–Trinajstić information content (AvgIpc) is 3.05. The molecule has 5 N–H and O–H groups in total. The summed E-state index contributed by atoms with van der Waals surface area (Å²) in [4.78, 5) is 36.9. The van der Waals surface area contributed by atoms with Crippen molar-refractivity contribution in [1.29, 1.82) is 0 Å². The molecule has 9 nitrogen and oxygen atoms in total. The van der Waals surface area contributed by atoms with Crippen LogP contribution in [-0.2, 0) is 4.79 Å².